The van der Waals surface area contributed by atoms with E-state index in [1.807, 2.05) is 24.3 Å². The van der Waals surface area contributed by atoms with E-state index in [0.717, 1.165) is 17.7 Å². The van der Waals surface area contributed by atoms with Crippen LogP contribution in [0.3, 0.4) is 0 Å². The third kappa shape index (κ3) is 6.42. The number of carbonyl (C=O) groups is 3. The van der Waals surface area contributed by atoms with Gasteiger partial charge in [0.25, 0.3) is 11.8 Å². The smallest absolute Gasteiger partial charge is 0.338 e. The van der Waals surface area contributed by atoms with Crippen molar-refractivity contribution in [2.24, 2.45) is 0 Å². The Bertz CT molecular complexity index is 1330. The Morgan fingerprint density at radius 2 is 1.46 bits per heavy atom. The third-order valence-corrected chi connectivity index (χ3v) is 6.79. The molecule has 3 aromatic rings. The Kier molecular flexibility index (Phi) is 8.59. The molecule has 0 radical (unpaired) electrons. The summed E-state index contributed by atoms with van der Waals surface area (Å²) in [5, 5.41) is 2.85. The Labute approximate surface area is 226 Å². The van der Waals surface area contributed by atoms with Crippen LogP contribution in [0.2, 0.25) is 0 Å². The summed E-state index contributed by atoms with van der Waals surface area (Å²) < 4.78 is 33.7. The van der Waals surface area contributed by atoms with Gasteiger partial charge in [-0.05, 0) is 79.8 Å². The van der Waals surface area contributed by atoms with Crippen LogP contribution >= 0.6 is 0 Å². The van der Waals surface area contributed by atoms with E-state index < -0.39 is 17.6 Å². The molecule has 0 atom stereocenters. The van der Waals surface area contributed by atoms with Gasteiger partial charge < -0.3 is 19.9 Å². The minimum absolute atomic E-state index is 0.00433. The van der Waals surface area contributed by atoms with Crippen molar-refractivity contribution in [2.45, 2.75) is 25.7 Å². The summed E-state index contributed by atoms with van der Waals surface area (Å²) in [6, 6.07) is 16.0. The maximum atomic E-state index is 14.4. The fraction of sp³-hybridized carbons (Fsp3) is 0.300. The van der Waals surface area contributed by atoms with E-state index in [0.29, 0.717) is 42.7 Å². The zero-order chi connectivity index (χ0) is 28.1. The van der Waals surface area contributed by atoms with Crippen LogP contribution in [0, 0.1) is 11.6 Å². The molecule has 9 heteroatoms. The van der Waals surface area contributed by atoms with Crippen molar-refractivity contribution < 1.29 is 27.9 Å². The van der Waals surface area contributed by atoms with Gasteiger partial charge in [0.15, 0.2) is 0 Å². The van der Waals surface area contributed by atoms with E-state index in [9.17, 15) is 23.2 Å². The molecular weight excluding hydrogens is 504 g/mol. The lowest BCUT2D eigenvalue weighted by atomic mass is 9.89. The number of benzene rings is 3. The highest BCUT2D eigenvalue weighted by Gasteiger charge is 2.26. The van der Waals surface area contributed by atoms with Gasteiger partial charge in [-0.2, -0.15) is 0 Å². The largest absolute Gasteiger partial charge is 0.462 e. The summed E-state index contributed by atoms with van der Waals surface area (Å²) in [5.41, 5.74) is 2.36. The average Bonchev–Trinajstić information content (AvgIpc) is 2.93. The number of esters is 1. The SMILES string of the molecule is CCOC(=O)c1ccc(C(=O)Nc2ccc(C3CCN(C(=O)c4cc(F)c(N(C)C)c(F)c4)CC3)cc2)cc1. The van der Waals surface area contributed by atoms with Crippen LogP contribution in [0.15, 0.2) is 60.7 Å². The van der Waals surface area contributed by atoms with Gasteiger partial charge in [-0.3, -0.25) is 9.59 Å². The Hall–Kier alpha value is -4.27. The maximum absolute atomic E-state index is 14.4. The molecule has 0 saturated carbocycles. The van der Waals surface area contributed by atoms with Crippen LogP contribution in [0.25, 0.3) is 0 Å². The molecule has 39 heavy (non-hydrogen) atoms. The first-order valence-corrected chi connectivity index (χ1v) is 12.8. The van der Waals surface area contributed by atoms with E-state index in [1.54, 1.807) is 50.2 Å². The highest BCUT2D eigenvalue weighted by molar-refractivity contribution is 6.04. The second kappa shape index (κ2) is 12.1. The van der Waals surface area contributed by atoms with E-state index in [1.165, 1.54) is 4.90 Å². The lowest BCUT2D eigenvalue weighted by molar-refractivity contribution is 0.0525. The number of ether oxygens (including phenoxy) is 1. The maximum Gasteiger partial charge on any atom is 0.338 e. The molecular formula is C30H31F2N3O4. The first-order valence-electron chi connectivity index (χ1n) is 12.8. The molecule has 1 aliphatic heterocycles. The number of piperidine rings is 1. The average molecular weight is 536 g/mol. The first kappa shape index (κ1) is 27.8. The highest BCUT2D eigenvalue weighted by Crippen LogP contribution is 2.30. The topological polar surface area (TPSA) is 79.0 Å². The van der Waals surface area contributed by atoms with Gasteiger partial charge in [0.05, 0.1) is 12.2 Å². The molecule has 0 bridgehead atoms. The van der Waals surface area contributed by atoms with Gasteiger partial charge in [-0.1, -0.05) is 12.1 Å². The number of nitrogens with zero attached hydrogens (tertiary/aromatic N) is 2. The van der Waals surface area contributed by atoms with Crippen molar-refractivity contribution in [3.05, 3.63) is 94.6 Å². The van der Waals surface area contributed by atoms with Crippen molar-refractivity contribution in [2.75, 3.05) is 44.0 Å². The van der Waals surface area contributed by atoms with Crippen LogP contribution in [0.4, 0.5) is 20.2 Å². The molecule has 7 nitrogen and oxygen atoms in total. The first-order chi connectivity index (χ1) is 18.7. The van der Waals surface area contributed by atoms with Crippen LogP contribution in [-0.4, -0.2) is 56.5 Å². The second-order valence-electron chi connectivity index (χ2n) is 9.62. The monoisotopic (exact) mass is 535 g/mol. The summed E-state index contributed by atoms with van der Waals surface area (Å²) in [6.07, 6.45) is 1.43. The summed E-state index contributed by atoms with van der Waals surface area (Å²) >= 11 is 0. The highest BCUT2D eigenvalue weighted by atomic mass is 19.1. The number of halogens is 2. The van der Waals surface area contributed by atoms with Crippen LogP contribution < -0.4 is 10.2 Å². The third-order valence-electron chi connectivity index (χ3n) is 6.79. The van der Waals surface area contributed by atoms with Gasteiger partial charge in [-0.25, -0.2) is 13.6 Å². The molecule has 0 spiro atoms. The number of nitrogens with one attached hydrogen (secondary N) is 1. The van der Waals surface area contributed by atoms with Gasteiger partial charge in [0.1, 0.15) is 17.3 Å². The summed E-state index contributed by atoms with van der Waals surface area (Å²) in [6.45, 7) is 2.96. The van der Waals surface area contributed by atoms with Gasteiger partial charge in [0, 0.05) is 44.0 Å². The fourth-order valence-electron chi connectivity index (χ4n) is 4.73. The molecule has 4 rings (SSSR count). The number of anilines is 2. The van der Waals surface area contributed by atoms with Crippen LogP contribution in [0.5, 0.6) is 0 Å². The minimum Gasteiger partial charge on any atom is -0.462 e. The van der Waals surface area contributed by atoms with Crippen molar-refractivity contribution >= 4 is 29.2 Å². The van der Waals surface area contributed by atoms with E-state index in [2.05, 4.69) is 5.32 Å². The molecule has 0 unspecified atom stereocenters. The number of carbonyl (C=O) groups excluding carboxylic acids is 3. The standard InChI is InChI=1S/C30H31F2N3O4/c1-4-39-30(38)22-7-5-21(6-8-22)28(36)33-24-11-9-19(10-12-24)20-13-15-35(16-14-20)29(37)23-17-25(31)27(34(2)3)26(32)18-23/h5-12,17-18,20H,4,13-16H2,1-3H3,(H,33,36). The molecule has 0 aromatic heterocycles. The minimum atomic E-state index is -0.765. The number of hydrogen-bond acceptors (Lipinski definition) is 5. The van der Waals surface area contributed by atoms with Crippen molar-refractivity contribution in [1.29, 1.82) is 0 Å². The predicted octanol–water partition coefficient (Wildman–Crippen LogP) is 5.48. The molecule has 1 aliphatic rings. The Morgan fingerprint density at radius 3 is 2.00 bits per heavy atom. The summed E-state index contributed by atoms with van der Waals surface area (Å²) in [7, 11) is 3.09. The lowest BCUT2D eigenvalue weighted by Crippen LogP contribution is -2.38. The van der Waals surface area contributed by atoms with Crippen LogP contribution in [-0.2, 0) is 4.74 Å². The van der Waals surface area contributed by atoms with E-state index in [-0.39, 0.29) is 35.6 Å². The normalized spacial score (nSPS) is 13.6. The molecule has 1 fully saturated rings. The van der Waals surface area contributed by atoms with Crippen molar-refractivity contribution in [3.8, 4) is 0 Å². The number of likely N-dealkylation sites (tertiary alicyclic amines) is 1. The number of amides is 2. The molecule has 204 valence electrons. The Balaban J connectivity index is 1.32. The summed E-state index contributed by atoms with van der Waals surface area (Å²) in [4.78, 5) is 40.2. The summed E-state index contributed by atoms with van der Waals surface area (Å²) in [5.74, 6) is -2.42. The van der Waals surface area contributed by atoms with Gasteiger partial charge in [0.2, 0.25) is 0 Å². The van der Waals surface area contributed by atoms with Crippen molar-refractivity contribution in [1.82, 2.24) is 4.90 Å². The molecule has 1 heterocycles. The fourth-order valence-corrected chi connectivity index (χ4v) is 4.73. The molecule has 0 aliphatic carbocycles. The quantitative estimate of drug-likeness (QED) is 0.406. The van der Waals surface area contributed by atoms with Crippen molar-refractivity contribution in [3.63, 3.8) is 0 Å². The zero-order valence-corrected chi connectivity index (χ0v) is 22.2. The molecule has 3 aromatic carbocycles. The van der Waals surface area contributed by atoms with E-state index in [4.69, 9.17) is 4.74 Å². The second-order valence-corrected chi connectivity index (χ2v) is 9.62. The molecule has 1 N–H and O–H groups in total. The molecule has 1 saturated heterocycles. The predicted molar refractivity (Wildman–Crippen MR) is 145 cm³/mol. The number of hydrogen-bond donors (Lipinski definition) is 1. The Morgan fingerprint density at radius 1 is 0.897 bits per heavy atom. The van der Waals surface area contributed by atoms with Gasteiger partial charge in [-0.15, -0.1) is 0 Å². The number of rotatable bonds is 7. The lowest BCUT2D eigenvalue weighted by Gasteiger charge is -2.32. The van der Waals surface area contributed by atoms with Crippen LogP contribution in [0.1, 0.15) is 62.3 Å². The zero-order valence-electron chi connectivity index (χ0n) is 22.2. The van der Waals surface area contributed by atoms with E-state index >= 15 is 0 Å². The molecule has 2 amide bonds. The van der Waals surface area contributed by atoms with Gasteiger partial charge >= 0.3 is 5.97 Å².